The van der Waals surface area contributed by atoms with E-state index in [0.29, 0.717) is 22.6 Å². The van der Waals surface area contributed by atoms with Crippen molar-refractivity contribution in [2.75, 3.05) is 10.6 Å². The number of ether oxygens (including phenoxy) is 2. The van der Waals surface area contributed by atoms with Crippen molar-refractivity contribution in [2.45, 2.75) is 26.4 Å². The average Bonchev–Trinajstić information content (AvgIpc) is 2.73. The number of hydrogen-bond acceptors (Lipinski definition) is 6. The van der Waals surface area contributed by atoms with Crippen LogP contribution in [0.15, 0.2) is 72.8 Å². The molecule has 0 heterocycles. The maximum atomic E-state index is 12.1. The first-order valence-electron chi connectivity index (χ1n) is 10.0. The molecule has 0 saturated carbocycles. The topological polar surface area (TPSA) is 120 Å². The zero-order chi connectivity index (χ0) is 24.0. The lowest BCUT2D eigenvalue weighted by Gasteiger charge is -2.19. The molecular weight excluding hydrogens is 426 g/mol. The van der Waals surface area contributed by atoms with E-state index in [0.717, 1.165) is 0 Å². The van der Waals surface area contributed by atoms with E-state index in [-0.39, 0.29) is 11.4 Å². The fourth-order valence-electron chi connectivity index (χ4n) is 2.86. The third-order valence-electron chi connectivity index (χ3n) is 4.19. The Hall–Kier alpha value is -4.40. The molecule has 3 aromatic rings. The van der Waals surface area contributed by atoms with Crippen LogP contribution < -0.4 is 15.4 Å². The molecule has 0 aromatic heterocycles. The summed E-state index contributed by atoms with van der Waals surface area (Å²) >= 11 is 0. The van der Waals surface area contributed by atoms with Crippen LogP contribution in [0.1, 0.15) is 20.8 Å². The number of anilines is 2. The molecule has 0 bridgehead atoms. The highest BCUT2D eigenvalue weighted by atomic mass is 16.6. The highest BCUT2D eigenvalue weighted by Gasteiger charge is 2.18. The van der Waals surface area contributed by atoms with E-state index < -0.39 is 22.7 Å². The number of para-hydroxylation sites is 1. The summed E-state index contributed by atoms with van der Waals surface area (Å²) in [6.45, 7) is 5.16. The molecule has 9 nitrogen and oxygen atoms in total. The molecular formula is C24H23N3O6. The standard InChI is InChI=1S/C24H23N3O6/c1-24(2,3)33-23(29)26-19-13-17(14-20(15-19)27(30)31)16-9-11-18(12-10-16)25-22(28)32-21-7-5-4-6-8-21/h4-15H,1-3H3,(H,25,28)(H,26,29). The van der Waals surface area contributed by atoms with Crippen LogP contribution in [-0.2, 0) is 4.74 Å². The molecule has 2 N–H and O–H groups in total. The second kappa shape index (κ2) is 9.82. The van der Waals surface area contributed by atoms with E-state index in [2.05, 4.69) is 10.6 Å². The lowest BCUT2D eigenvalue weighted by atomic mass is 10.0. The molecule has 3 rings (SSSR count). The molecule has 0 aliphatic carbocycles. The molecule has 0 spiro atoms. The Morgan fingerprint density at radius 1 is 0.818 bits per heavy atom. The van der Waals surface area contributed by atoms with Crippen LogP contribution in [0.2, 0.25) is 0 Å². The van der Waals surface area contributed by atoms with Crippen molar-refractivity contribution in [1.29, 1.82) is 0 Å². The number of carbonyl (C=O) groups is 2. The van der Waals surface area contributed by atoms with Gasteiger partial charge in [-0.1, -0.05) is 30.3 Å². The number of nitro benzene ring substituents is 1. The average molecular weight is 449 g/mol. The number of rotatable bonds is 5. The fraction of sp³-hybridized carbons (Fsp3) is 0.167. The molecule has 2 amide bonds. The normalized spacial score (nSPS) is 10.8. The van der Waals surface area contributed by atoms with Gasteiger partial charge in [0.05, 0.1) is 10.6 Å². The fourth-order valence-corrected chi connectivity index (χ4v) is 2.86. The second-order valence-electron chi connectivity index (χ2n) is 8.06. The van der Waals surface area contributed by atoms with Crippen molar-refractivity contribution < 1.29 is 24.0 Å². The summed E-state index contributed by atoms with van der Waals surface area (Å²) in [5.74, 6) is 0.410. The zero-order valence-electron chi connectivity index (χ0n) is 18.3. The minimum Gasteiger partial charge on any atom is -0.444 e. The number of benzene rings is 3. The molecule has 170 valence electrons. The predicted molar refractivity (Wildman–Crippen MR) is 124 cm³/mol. The highest BCUT2D eigenvalue weighted by Crippen LogP contribution is 2.30. The minimum atomic E-state index is -0.717. The van der Waals surface area contributed by atoms with Crippen molar-refractivity contribution in [1.82, 2.24) is 0 Å². The van der Waals surface area contributed by atoms with Gasteiger partial charge >= 0.3 is 12.2 Å². The van der Waals surface area contributed by atoms with Crippen molar-refractivity contribution in [3.63, 3.8) is 0 Å². The van der Waals surface area contributed by atoms with Gasteiger partial charge < -0.3 is 9.47 Å². The largest absolute Gasteiger partial charge is 0.444 e. The van der Waals surface area contributed by atoms with E-state index in [9.17, 15) is 19.7 Å². The third-order valence-corrected chi connectivity index (χ3v) is 4.19. The molecule has 0 radical (unpaired) electrons. The number of nitrogens with zero attached hydrogens (tertiary/aromatic N) is 1. The van der Waals surface area contributed by atoms with Crippen LogP contribution in [0.3, 0.4) is 0 Å². The van der Waals surface area contributed by atoms with Crippen molar-refractivity contribution in [3.05, 3.63) is 82.9 Å². The van der Waals surface area contributed by atoms with Gasteiger partial charge in [0.2, 0.25) is 0 Å². The van der Waals surface area contributed by atoms with Gasteiger partial charge in [0.15, 0.2) is 0 Å². The molecule has 9 heteroatoms. The van der Waals surface area contributed by atoms with Crippen LogP contribution >= 0.6 is 0 Å². The number of nitrogens with one attached hydrogen (secondary N) is 2. The van der Waals surface area contributed by atoms with E-state index >= 15 is 0 Å². The molecule has 33 heavy (non-hydrogen) atoms. The van der Waals surface area contributed by atoms with Crippen LogP contribution in [0.4, 0.5) is 26.7 Å². The third kappa shape index (κ3) is 7.06. The van der Waals surface area contributed by atoms with E-state index in [1.807, 2.05) is 6.07 Å². The van der Waals surface area contributed by atoms with Crippen LogP contribution in [0.25, 0.3) is 11.1 Å². The van der Waals surface area contributed by atoms with Crippen LogP contribution in [0, 0.1) is 10.1 Å². The number of amides is 2. The van der Waals surface area contributed by atoms with E-state index in [4.69, 9.17) is 9.47 Å². The molecule has 0 saturated heterocycles. The highest BCUT2D eigenvalue weighted by molar-refractivity contribution is 5.88. The lowest BCUT2D eigenvalue weighted by Crippen LogP contribution is -2.27. The quantitative estimate of drug-likeness (QED) is 0.352. The molecule has 3 aromatic carbocycles. The van der Waals surface area contributed by atoms with Gasteiger partial charge in [0.25, 0.3) is 5.69 Å². The van der Waals surface area contributed by atoms with Crippen molar-refractivity contribution >= 4 is 29.2 Å². The van der Waals surface area contributed by atoms with E-state index in [1.54, 1.807) is 75.4 Å². The van der Waals surface area contributed by atoms with Gasteiger partial charge in [-0.05, 0) is 62.2 Å². The Morgan fingerprint density at radius 3 is 2.06 bits per heavy atom. The molecule has 0 atom stereocenters. The maximum Gasteiger partial charge on any atom is 0.417 e. The number of non-ortho nitro benzene ring substituents is 1. The zero-order valence-corrected chi connectivity index (χ0v) is 18.3. The van der Waals surface area contributed by atoms with E-state index in [1.165, 1.54) is 12.1 Å². The number of carbonyl (C=O) groups excluding carboxylic acids is 2. The first kappa shape index (κ1) is 23.3. The summed E-state index contributed by atoms with van der Waals surface area (Å²) in [6, 6.07) is 19.5. The summed E-state index contributed by atoms with van der Waals surface area (Å²) in [5, 5.41) is 16.5. The Labute approximate surface area is 190 Å². The predicted octanol–water partition coefficient (Wildman–Crippen LogP) is 6.22. The van der Waals surface area contributed by atoms with Crippen molar-refractivity contribution in [3.8, 4) is 16.9 Å². The lowest BCUT2D eigenvalue weighted by molar-refractivity contribution is -0.384. The summed E-state index contributed by atoms with van der Waals surface area (Å²) in [7, 11) is 0. The smallest absolute Gasteiger partial charge is 0.417 e. The Balaban J connectivity index is 1.76. The van der Waals surface area contributed by atoms with Gasteiger partial charge in [-0.2, -0.15) is 0 Å². The summed E-state index contributed by atoms with van der Waals surface area (Å²) in [4.78, 5) is 35.0. The Kier molecular flexibility index (Phi) is 6.92. The van der Waals surface area contributed by atoms with Crippen LogP contribution in [0.5, 0.6) is 5.75 Å². The summed E-state index contributed by atoms with van der Waals surface area (Å²) in [5.41, 5.74) is 0.964. The second-order valence-corrected chi connectivity index (χ2v) is 8.06. The van der Waals surface area contributed by atoms with Gasteiger partial charge in [-0.15, -0.1) is 0 Å². The first-order chi connectivity index (χ1) is 15.6. The Morgan fingerprint density at radius 2 is 1.45 bits per heavy atom. The first-order valence-corrected chi connectivity index (χ1v) is 10.0. The molecule has 0 aliphatic heterocycles. The van der Waals surface area contributed by atoms with Gasteiger partial charge in [0, 0.05) is 17.8 Å². The molecule has 0 unspecified atom stereocenters. The SMILES string of the molecule is CC(C)(C)OC(=O)Nc1cc(-c2ccc(NC(=O)Oc3ccccc3)cc2)cc([N+](=O)[O-])c1. The maximum absolute atomic E-state index is 12.1. The summed E-state index contributed by atoms with van der Waals surface area (Å²) < 4.78 is 10.4. The van der Waals surface area contributed by atoms with Crippen LogP contribution in [-0.4, -0.2) is 22.7 Å². The molecule has 0 fully saturated rings. The molecule has 0 aliphatic rings. The van der Waals surface area contributed by atoms with Crippen molar-refractivity contribution in [2.24, 2.45) is 0 Å². The monoisotopic (exact) mass is 449 g/mol. The van der Waals surface area contributed by atoms with Gasteiger partial charge in [-0.25, -0.2) is 9.59 Å². The number of hydrogen-bond donors (Lipinski definition) is 2. The minimum absolute atomic E-state index is 0.188. The Bertz CT molecular complexity index is 1160. The summed E-state index contributed by atoms with van der Waals surface area (Å²) in [6.07, 6.45) is -1.36. The van der Waals surface area contributed by atoms with Gasteiger partial charge in [-0.3, -0.25) is 20.7 Å². The van der Waals surface area contributed by atoms with Gasteiger partial charge in [0.1, 0.15) is 11.4 Å². The number of nitro groups is 1.